The molecule has 0 amide bonds. The van der Waals surface area contributed by atoms with E-state index in [0.717, 1.165) is 0 Å². The first-order valence-electron chi connectivity index (χ1n) is 7.10. The second-order valence-corrected chi connectivity index (χ2v) is 4.89. The van der Waals surface area contributed by atoms with Crippen LogP contribution in [0.15, 0.2) is 53.1 Å². The molecule has 0 bridgehead atoms. The number of rotatable bonds is 5. The Kier molecular flexibility index (Phi) is 4.51. The molecule has 0 radical (unpaired) electrons. The highest BCUT2D eigenvalue weighted by molar-refractivity contribution is 5.89. The molecule has 1 aromatic heterocycles. The number of carbonyl (C=O) groups excluding carboxylic acids is 1. The lowest BCUT2D eigenvalue weighted by Crippen LogP contribution is -2.05. The van der Waals surface area contributed by atoms with E-state index < -0.39 is 5.97 Å². The van der Waals surface area contributed by atoms with Gasteiger partial charge in [0.15, 0.2) is 12.4 Å². The van der Waals surface area contributed by atoms with Gasteiger partial charge >= 0.3 is 5.97 Å². The molecule has 0 aliphatic carbocycles. The van der Waals surface area contributed by atoms with Crippen molar-refractivity contribution in [3.05, 3.63) is 71.6 Å². The fraction of sp³-hybridized carbons (Fsp3) is 0.118. The fourth-order valence-corrected chi connectivity index (χ4v) is 1.91. The molecule has 0 saturated carbocycles. The first-order chi connectivity index (χ1) is 11.6. The molecule has 1 heterocycles. The number of ether oxygens (including phenoxy) is 2. The molecule has 24 heavy (non-hydrogen) atoms. The molecule has 0 aliphatic heterocycles. The van der Waals surface area contributed by atoms with Gasteiger partial charge < -0.3 is 14.0 Å². The molecule has 122 valence electrons. The summed E-state index contributed by atoms with van der Waals surface area (Å²) in [7, 11) is 0. The van der Waals surface area contributed by atoms with Crippen LogP contribution in [0.1, 0.15) is 22.1 Å². The third kappa shape index (κ3) is 3.95. The Morgan fingerprint density at radius 3 is 2.29 bits per heavy atom. The minimum Gasteiger partial charge on any atom is -0.457 e. The van der Waals surface area contributed by atoms with Gasteiger partial charge in [-0.3, -0.25) is 0 Å². The zero-order valence-corrected chi connectivity index (χ0v) is 12.7. The van der Waals surface area contributed by atoms with Crippen LogP contribution in [-0.4, -0.2) is 16.1 Å². The number of aromatic nitrogens is 2. The molecule has 0 saturated heterocycles. The Bertz CT molecular complexity index is 829. The highest BCUT2D eigenvalue weighted by atomic mass is 19.1. The van der Waals surface area contributed by atoms with Crippen molar-refractivity contribution in [1.82, 2.24) is 10.1 Å². The van der Waals surface area contributed by atoms with Gasteiger partial charge in [-0.25, -0.2) is 9.18 Å². The van der Waals surface area contributed by atoms with Gasteiger partial charge in [-0.05, 0) is 55.5 Å². The molecule has 0 unspecified atom stereocenters. The zero-order chi connectivity index (χ0) is 16.9. The quantitative estimate of drug-likeness (QED) is 0.665. The average Bonchev–Trinajstić information content (AvgIpc) is 3.01. The van der Waals surface area contributed by atoms with Gasteiger partial charge in [0.2, 0.25) is 0 Å². The van der Waals surface area contributed by atoms with Crippen LogP contribution in [0.3, 0.4) is 0 Å². The molecular formula is C17H13FN2O4. The van der Waals surface area contributed by atoms with Gasteiger partial charge in [0, 0.05) is 0 Å². The van der Waals surface area contributed by atoms with E-state index >= 15 is 0 Å². The molecule has 0 N–H and O–H groups in total. The molecular weight excluding hydrogens is 315 g/mol. The van der Waals surface area contributed by atoms with Crippen LogP contribution in [0, 0.1) is 12.7 Å². The van der Waals surface area contributed by atoms with E-state index in [1.54, 1.807) is 31.2 Å². The van der Waals surface area contributed by atoms with Crippen molar-refractivity contribution in [2.45, 2.75) is 13.5 Å². The van der Waals surface area contributed by atoms with E-state index in [4.69, 9.17) is 14.0 Å². The largest absolute Gasteiger partial charge is 0.457 e. The lowest BCUT2D eigenvalue weighted by Gasteiger charge is -2.06. The normalized spacial score (nSPS) is 10.4. The Hall–Kier alpha value is -3.22. The third-order valence-corrected chi connectivity index (χ3v) is 3.04. The van der Waals surface area contributed by atoms with E-state index in [9.17, 15) is 9.18 Å². The first kappa shape index (κ1) is 15.7. The smallest absolute Gasteiger partial charge is 0.338 e. The van der Waals surface area contributed by atoms with E-state index in [-0.39, 0.29) is 18.3 Å². The maximum atomic E-state index is 12.8. The lowest BCUT2D eigenvalue weighted by atomic mass is 10.2. The number of aryl methyl sites for hydroxylation is 1. The molecule has 2 aromatic carbocycles. The van der Waals surface area contributed by atoms with Crippen molar-refractivity contribution in [3.8, 4) is 11.5 Å². The van der Waals surface area contributed by atoms with E-state index in [1.165, 1.54) is 24.3 Å². The Morgan fingerprint density at radius 2 is 1.71 bits per heavy atom. The SMILES string of the molecule is Cc1noc(COC(=O)c2ccc(Oc3ccc(F)cc3)cc2)n1. The number of hydrogen-bond acceptors (Lipinski definition) is 6. The zero-order valence-electron chi connectivity index (χ0n) is 12.7. The van der Waals surface area contributed by atoms with Gasteiger partial charge in [0.25, 0.3) is 5.89 Å². The minimum absolute atomic E-state index is 0.0898. The van der Waals surface area contributed by atoms with Gasteiger partial charge in [-0.15, -0.1) is 0 Å². The Labute approximate surface area is 136 Å². The molecule has 0 aliphatic rings. The maximum Gasteiger partial charge on any atom is 0.338 e. The van der Waals surface area contributed by atoms with Crippen LogP contribution in [0.25, 0.3) is 0 Å². The van der Waals surface area contributed by atoms with Gasteiger partial charge in [-0.1, -0.05) is 5.16 Å². The molecule has 0 atom stereocenters. The van der Waals surface area contributed by atoms with E-state index in [1.807, 2.05) is 0 Å². The van der Waals surface area contributed by atoms with E-state index in [0.29, 0.717) is 22.9 Å². The Balaban J connectivity index is 1.59. The summed E-state index contributed by atoms with van der Waals surface area (Å²) >= 11 is 0. The summed E-state index contributed by atoms with van der Waals surface area (Å²) in [5.74, 6) is 0.876. The summed E-state index contributed by atoms with van der Waals surface area (Å²) in [6.45, 7) is 1.59. The number of carbonyl (C=O) groups is 1. The second kappa shape index (κ2) is 6.91. The minimum atomic E-state index is -0.515. The highest BCUT2D eigenvalue weighted by Gasteiger charge is 2.10. The van der Waals surface area contributed by atoms with Crippen LogP contribution >= 0.6 is 0 Å². The summed E-state index contributed by atoms with van der Waals surface area (Å²) < 4.78 is 28.3. The monoisotopic (exact) mass is 328 g/mol. The van der Waals surface area contributed by atoms with Crippen LogP contribution < -0.4 is 4.74 Å². The molecule has 6 nitrogen and oxygen atoms in total. The van der Waals surface area contributed by atoms with Crippen LogP contribution in [0.5, 0.6) is 11.5 Å². The van der Waals surface area contributed by atoms with Gasteiger partial charge in [0.1, 0.15) is 17.3 Å². The van der Waals surface area contributed by atoms with Crippen molar-refractivity contribution < 1.29 is 23.2 Å². The molecule has 3 rings (SSSR count). The second-order valence-electron chi connectivity index (χ2n) is 4.89. The number of hydrogen-bond donors (Lipinski definition) is 0. The maximum absolute atomic E-state index is 12.8. The standard InChI is InChI=1S/C17H13FN2O4/c1-11-19-16(24-20-11)10-22-17(21)12-2-6-14(7-3-12)23-15-8-4-13(18)5-9-15/h2-9H,10H2,1H3. The first-order valence-corrected chi connectivity index (χ1v) is 7.10. The van der Waals surface area contributed by atoms with E-state index in [2.05, 4.69) is 10.1 Å². The van der Waals surface area contributed by atoms with Gasteiger partial charge in [-0.2, -0.15) is 4.98 Å². The van der Waals surface area contributed by atoms with Crippen molar-refractivity contribution in [3.63, 3.8) is 0 Å². The van der Waals surface area contributed by atoms with Crippen molar-refractivity contribution >= 4 is 5.97 Å². The topological polar surface area (TPSA) is 74.5 Å². The van der Waals surface area contributed by atoms with Gasteiger partial charge in [0.05, 0.1) is 5.56 Å². The summed E-state index contributed by atoms with van der Waals surface area (Å²) in [5.41, 5.74) is 0.359. The van der Waals surface area contributed by atoms with Crippen molar-refractivity contribution in [2.24, 2.45) is 0 Å². The summed E-state index contributed by atoms with van der Waals surface area (Å²) in [5, 5.41) is 3.61. The summed E-state index contributed by atoms with van der Waals surface area (Å²) in [4.78, 5) is 15.9. The molecule has 0 fully saturated rings. The number of esters is 1. The lowest BCUT2D eigenvalue weighted by molar-refractivity contribution is 0.0430. The Morgan fingerprint density at radius 1 is 1.08 bits per heavy atom. The fourth-order valence-electron chi connectivity index (χ4n) is 1.91. The molecule has 3 aromatic rings. The number of benzene rings is 2. The van der Waals surface area contributed by atoms with Crippen molar-refractivity contribution in [2.75, 3.05) is 0 Å². The predicted molar refractivity (Wildman–Crippen MR) is 81.1 cm³/mol. The van der Waals surface area contributed by atoms with Crippen LogP contribution in [0.2, 0.25) is 0 Å². The average molecular weight is 328 g/mol. The summed E-state index contributed by atoms with van der Waals surface area (Å²) in [6.07, 6.45) is 0. The predicted octanol–water partition coefficient (Wildman–Crippen LogP) is 3.67. The highest BCUT2D eigenvalue weighted by Crippen LogP contribution is 2.22. The molecule has 0 spiro atoms. The van der Waals surface area contributed by atoms with Crippen LogP contribution in [-0.2, 0) is 11.3 Å². The third-order valence-electron chi connectivity index (χ3n) is 3.04. The number of halogens is 1. The summed E-state index contributed by atoms with van der Waals surface area (Å²) in [6, 6.07) is 12.0. The number of nitrogens with zero attached hydrogens (tertiary/aromatic N) is 2. The van der Waals surface area contributed by atoms with Crippen LogP contribution in [0.4, 0.5) is 4.39 Å². The molecule has 7 heteroatoms. The van der Waals surface area contributed by atoms with Crippen molar-refractivity contribution in [1.29, 1.82) is 0 Å².